The Morgan fingerprint density at radius 1 is 1.25 bits per heavy atom. The van der Waals surface area contributed by atoms with Crippen molar-refractivity contribution in [3.63, 3.8) is 0 Å². The number of rotatable bonds is 5. The maximum atomic E-state index is 11.6. The van der Waals surface area contributed by atoms with Crippen LogP contribution in [0.1, 0.15) is 50.2 Å². The minimum Gasteiger partial charge on any atom is -0.493 e. The van der Waals surface area contributed by atoms with E-state index in [0.717, 1.165) is 42.7 Å². The van der Waals surface area contributed by atoms with Crippen LogP contribution in [0.4, 0.5) is 0 Å². The summed E-state index contributed by atoms with van der Waals surface area (Å²) in [7, 11) is 0. The smallest absolute Gasteiger partial charge is 0.326 e. The van der Waals surface area contributed by atoms with Gasteiger partial charge in [-0.05, 0) is 45.8 Å². The molecule has 6 rings (SSSR count). The summed E-state index contributed by atoms with van der Waals surface area (Å²) in [6, 6.07) is 4.81. The summed E-state index contributed by atoms with van der Waals surface area (Å²) in [5.74, 6) is -0.221. The maximum absolute atomic E-state index is 11.6. The van der Waals surface area contributed by atoms with Crippen LogP contribution in [0, 0.1) is 0 Å². The average Bonchev–Trinajstić information content (AvgIpc) is 3.22. The molecule has 4 aromatic rings. The third-order valence-electron chi connectivity index (χ3n) is 6.70. The molecule has 0 spiro atoms. The van der Waals surface area contributed by atoms with Gasteiger partial charge in [-0.3, -0.25) is 14.9 Å². The van der Waals surface area contributed by atoms with E-state index in [9.17, 15) is 9.90 Å². The zero-order valence-corrected chi connectivity index (χ0v) is 21.2. The summed E-state index contributed by atoms with van der Waals surface area (Å²) in [5, 5.41) is 17.3. The summed E-state index contributed by atoms with van der Waals surface area (Å²) in [6.45, 7) is 8.33. The molecule has 3 N–H and O–H groups in total. The lowest BCUT2D eigenvalue weighted by Gasteiger charge is -2.38. The van der Waals surface area contributed by atoms with E-state index in [4.69, 9.17) is 14.7 Å². The van der Waals surface area contributed by atoms with Crippen molar-refractivity contribution in [2.45, 2.75) is 57.9 Å². The first kappa shape index (κ1) is 23.1. The number of H-pyrrole nitrogens is 2. The minimum atomic E-state index is -0.475. The Kier molecular flexibility index (Phi) is 5.78. The Bertz CT molecular complexity index is 1590. The molecule has 1 aliphatic heterocycles. The molecule has 36 heavy (non-hydrogen) atoms. The molecule has 4 aromatic heterocycles. The molecule has 2 fully saturated rings. The van der Waals surface area contributed by atoms with Crippen molar-refractivity contribution in [2.75, 3.05) is 13.1 Å². The van der Waals surface area contributed by atoms with Crippen LogP contribution < -0.4 is 16.4 Å². The van der Waals surface area contributed by atoms with Crippen LogP contribution in [0.15, 0.2) is 33.5 Å². The normalized spacial score (nSPS) is 23.1. The quantitative estimate of drug-likeness (QED) is 0.379. The van der Waals surface area contributed by atoms with E-state index in [1.807, 2.05) is 6.07 Å². The van der Waals surface area contributed by atoms with Gasteiger partial charge < -0.3 is 14.8 Å². The zero-order chi connectivity index (χ0) is 25.0. The highest BCUT2D eigenvalue weighted by molar-refractivity contribution is 7.10. The molecule has 0 bridgehead atoms. The third-order valence-corrected chi connectivity index (χ3v) is 7.80. The van der Waals surface area contributed by atoms with Crippen LogP contribution >= 0.6 is 11.3 Å². The Balaban J connectivity index is 1.42. The number of aromatic amines is 2. The molecule has 10 nitrogen and oxygen atoms in total. The van der Waals surface area contributed by atoms with Crippen LogP contribution in [0.3, 0.4) is 0 Å². The first-order valence-electron chi connectivity index (χ1n) is 12.3. The summed E-state index contributed by atoms with van der Waals surface area (Å²) in [4.78, 5) is 30.1. The van der Waals surface area contributed by atoms with E-state index < -0.39 is 5.69 Å². The monoisotopic (exact) mass is 507 g/mol. The van der Waals surface area contributed by atoms with E-state index in [1.165, 1.54) is 4.88 Å². The Morgan fingerprint density at radius 3 is 2.72 bits per heavy atom. The number of imidazole rings is 1. The lowest BCUT2D eigenvalue weighted by atomic mass is 10.1. The zero-order valence-electron chi connectivity index (χ0n) is 20.4. The molecule has 1 aliphatic carbocycles. The third kappa shape index (κ3) is 4.49. The number of ether oxygens (including phenoxy) is 1. The second kappa shape index (κ2) is 8.99. The van der Waals surface area contributed by atoms with Crippen LogP contribution in [-0.4, -0.2) is 65.9 Å². The molecule has 1 saturated carbocycles. The molecule has 5 heterocycles. The summed E-state index contributed by atoms with van der Waals surface area (Å²) < 4.78 is 7.64. The Morgan fingerprint density at radius 2 is 2.03 bits per heavy atom. The summed E-state index contributed by atoms with van der Waals surface area (Å²) in [6.07, 6.45) is 5.93. The number of hydrogen-bond acceptors (Lipinski definition) is 8. The molecular formula is C25H29N7O3S. The molecule has 0 amide bonds. The van der Waals surface area contributed by atoms with Gasteiger partial charge in [0.2, 0.25) is 5.88 Å². The van der Waals surface area contributed by atoms with Crippen LogP contribution in [0.2, 0.25) is 0 Å². The van der Waals surface area contributed by atoms with Gasteiger partial charge >= 0.3 is 5.69 Å². The average molecular weight is 508 g/mol. The second-order valence-corrected chi connectivity index (χ2v) is 10.7. The van der Waals surface area contributed by atoms with Crippen LogP contribution in [-0.2, 0) is 4.74 Å². The molecule has 1 saturated heterocycles. The summed E-state index contributed by atoms with van der Waals surface area (Å²) >= 11 is 1.74. The molecule has 11 heteroatoms. The minimum absolute atomic E-state index is 0.220. The van der Waals surface area contributed by atoms with Gasteiger partial charge in [0, 0.05) is 46.2 Å². The topological polar surface area (TPSA) is 124 Å². The number of nitrogens with zero attached hydrogens (tertiary/aromatic N) is 5. The number of thiophene rings is 1. The Hall–Kier alpha value is -3.28. The first-order chi connectivity index (χ1) is 17.3. The number of fused-ring (bicyclic) bond motifs is 1. The van der Waals surface area contributed by atoms with Crippen molar-refractivity contribution in [3.05, 3.63) is 55.5 Å². The standard InChI is InChI=1S/C25H29N7O3S/c1-13-10-31(11-14(2)35-13)15(3)21-7-17(12-36-21)19-8-22(27-18-4-5-18)32-23(28-19)16(9-26-32)6-20-24(33)30-25(34)29-20/h6-9,12-15,18,33H,4-5,10-11H2,1-3H3,(H2,29,30,34)/b16-6-,27-22?. The van der Waals surface area contributed by atoms with Gasteiger partial charge in [-0.1, -0.05) is 0 Å². The summed E-state index contributed by atoms with van der Waals surface area (Å²) in [5.41, 5.74) is 3.03. The highest BCUT2D eigenvalue weighted by Crippen LogP contribution is 2.32. The van der Waals surface area contributed by atoms with Crippen molar-refractivity contribution in [1.29, 1.82) is 0 Å². The van der Waals surface area contributed by atoms with Gasteiger partial charge in [0.05, 0.1) is 30.1 Å². The molecule has 3 atom stereocenters. The van der Waals surface area contributed by atoms with Gasteiger partial charge in [0.25, 0.3) is 0 Å². The van der Waals surface area contributed by atoms with E-state index in [-0.39, 0.29) is 29.8 Å². The predicted molar refractivity (Wildman–Crippen MR) is 137 cm³/mol. The fraction of sp³-hybridized carbons (Fsp3) is 0.440. The molecular weight excluding hydrogens is 478 g/mol. The maximum Gasteiger partial charge on any atom is 0.326 e. The predicted octanol–water partition coefficient (Wildman–Crippen LogP) is 1.96. The highest BCUT2D eigenvalue weighted by atomic mass is 32.1. The molecule has 3 unspecified atom stereocenters. The van der Waals surface area contributed by atoms with Gasteiger partial charge in [0.15, 0.2) is 11.1 Å². The van der Waals surface area contributed by atoms with Crippen LogP contribution in [0.25, 0.3) is 23.0 Å². The van der Waals surface area contributed by atoms with Crippen molar-refractivity contribution in [2.24, 2.45) is 4.99 Å². The number of nitrogens with one attached hydrogen (secondary N) is 2. The lowest BCUT2D eigenvalue weighted by Crippen LogP contribution is -2.46. The van der Waals surface area contributed by atoms with Gasteiger partial charge in [-0.15, -0.1) is 11.3 Å². The lowest BCUT2D eigenvalue weighted by molar-refractivity contribution is -0.0786. The van der Waals surface area contributed by atoms with E-state index in [1.54, 1.807) is 28.1 Å². The van der Waals surface area contributed by atoms with Crippen molar-refractivity contribution in [3.8, 4) is 17.1 Å². The highest BCUT2D eigenvalue weighted by Gasteiger charge is 2.27. The van der Waals surface area contributed by atoms with Gasteiger partial charge in [-0.2, -0.15) is 9.61 Å². The molecule has 0 aromatic carbocycles. The van der Waals surface area contributed by atoms with Gasteiger partial charge in [-0.25, -0.2) is 9.78 Å². The second-order valence-electron chi connectivity index (χ2n) is 9.81. The fourth-order valence-corrected chi connectivity index (χ4v) is 5.76. The van der Waals surface area contributed by atoms with Crippen molar-refractivity contribution < 1.29 is 9.84 Å². The van der Waals surface area contributed by atoms with Crippen molar-refractivity contribution in [1.82, 2.24) is 29.5 Å². The largest absolute Gasteiger partial charge is 0.493 e. The van der Waals surface area contributed by atoms with Crippen molar-refractivity contribution >= 4 is 23.1 Å². The first-order valence-corrected chi connectivity index (χ1v) is 13.2. The fourth-order valence-electron chi connectivity index (χ4n) is 4.76. The van der Waals surface area contributed by atoms with E-state index in [0.29, 0.717) is 16.9 Å². The van der Waals surface area contributed by atoms with Gasteiger partial charge in [0.1, 0.15) is 5.69 Å². The molecule has 188 valence electrons. The number of aromatic hydroxyl groups is 1. The molecule has 0 radical (unpaired) electrons. The number of morpholine rings is 1. The SMILES string of the molecule is CC1CN(C(C)c2cc(-c3cc(=NC4CC4)n4nc/c(=C/c5[nH]c(=O)[nH]c5O)c4n3)cs2)CC(C)O1. The van der Waals surface area contributed by atoms with Crippen LogP contribution in [0.5, 0.6) is 5.88 Å². The van der Waals surface area contributed by atoms with E-state index >= 15 is 0 Å². The molecule has 2 aliphatic rings. The Labute approximate surface area is 211 Å². The van der Waals surface area contributed by atoms with E-state index in [2.05, 4.69) is 52.2 Å². The number of aromatic nitrogens is 5. The number of hydrogen-bond donors (Lipinski definition) is 3.